The first-order chi connectivity index (χ1) is 8.90. The van der Waals surface area contributed by atoms with Crippen molar-refractivity contribution in [1.82, 2.24) is 4.98 Å². The standard InChI is InChI=1S/C13H15N3O.C2H6/c1-13(2,3)11-5-4-9(7-16-11)12(15)10(6-14)8-17;1-2/h4-5,7-8H,15H2,1-3H3;1-2H3/b12-10-;. The second-order valence-electron chi connectivity index (χ2n) is 4.74. The minimum Gasteiger partial charge on any atom is -0.397 e. The maximum absolute atomic E-state index is 10.6. The Morgan fingerprint density at radius 2 is 1.95 bits per heavy atom. The Labute approximate surface area is 115 Å². The van der Waals surface area contributed by atoms with Gasteiger partial charge in [0.05, 0.1) is 5.70 Å². The van der Waals surface area contributed by atoms with E-state index < -0.39 is 0 Å². The molecular weight excluding hydrogens is 238 g/mol. The molecule has 19 heavy (non-hydrogen) atoms. The maximum atomic E-state index is 10.6. The first kappa shape index (κ1) is 16.9. The Bertz CT molecular complexity index is 488. The van der Waals surface area contributed by atoms with Crippen LogP contribution in [-0.4, -0.2) is 11.3 Å². The van der Waals surface area contributed by atoms with Crippen molar-refractivity contribution in [2.24, 2.45) is 5.73 Å². The summed E-state index contributed by atoms with van der Waals surface area (Å²) in [5.41, 5.74) is 7.27. The van der Waals surface area contributed by atoms with Gasteiger partial charge in [-0.15, -0.1) is 0 Å². The number of hydrogen-bond acceptors (Lipinski definition) is 4. The van der Waals surface area contributed by atoms with Gasteiger partial charge in [-0.3, -0.25) is 9.78 Å². The van der Waals surface area contributed by atoms with Crippen LogP contribution < -0.4 is 5.73 Å². The van der Waals surface area contributed by atoms with E-state index >= 15 is 0 Å². The van der Waals surface area contributed by atoms with Crippen molar-refractivity contribution in [3.63, 3.8) is 0 Å². The number of nitrogens with zero attached hydrogens (tertiary/aromatic N) is 2. The van der Waals surface area contributed by atoms with Crippen molar-refractivity contribution in [1.29, 1.82) is 5.26 Å². The van der Waals surface area contributed by atoms with E-state index in [1.807, 2.05) is 19.9 Å². The number of hydrogen-bond donors (Lipinski definition) is 1. The van der Waals surface area contributed by atoms with Crippen LogP contribution in [0.4, 0.5) is 0 Å². The van der Waals surface area contributed by atoms with Gasteiger partial charge in [-0.2, -0.15) is 5.26 Å². The summed E-state index contributed by atoms with van der Waals surface area (Å²) in [6, 6.07) is 5.37. The van der Waals surface area contributed by atoms with E-state index in [0.717, 1.165) is 5.69 Å². The predicted octanol–water partition coefficient (Wildman–Crippen LogP) is 2.80. The van der Waals surface area contributed by atoms with E-state index in [0.29, 0.717) is 11.8 Å². The van der Waals surface area contributed by atoms with Crippen molar-refractivity contribution in [3.8, 4) is 6.07 Å². The van der Waals surface area contributed by atoms with Gasteiger partial charge in [-0.05, 0) is 12.1 Å². The number of carbonyl (C=O) groups excluding carboxylic acids is 1. The largest absolute Gasteiger partial charge is 0.397 e. The zero-order valence-corrected chi connectivity index (χ0v) is 12.2. The lowest BCUT2D eigenvalue weighted by Gasteiger charge is -2.17. The molecule has 1 aromatic rings. The van der Waals surface area contributed by atoms with Crippen LogP contribution in [0.1, 0.15) is 45.9 Å². The fourth-order valence-electron chi connectivity index (χ4n) is 1.30. The van der Waals surface area contributed by atoms with E-state index in [1.165, 1.54) is 0 Å². The molecule has 0 fully saturated rings. The van der Waals surface area contributed by atoms with E-state index in [1.54, 1.807) is 18.3 Å². The Kier molecular flexibility index (Phi) is 6.49. The van der Waals surface area contributed by atoms with Crippen LogP contribution in [0.5, 0.6) is 0 Å². The minimum absolute atomic E-state index is 0.0419. The van der Waals surface area contributed by atoms with E-state index in [9.17, 15) is 4.79 Å². The molecule has 102 valence electrons. The molecule has 0 aliphatic carbocycles. The van der Waals surface area contributed by atoms with Gasteiger partial charge in [0.2, 0.25) is 0 Å². The highest BCUT2D eigenvalue weighted by molar-refractivity contribution is 5.91. The molecule has 0 saturated carbocycles. The van der Waals surface area contributed by atoms with Gasteiger partial charge in [0.1, 0.15) is 11.6 Å². The molecule has 1 heterocycles. The number of aldehydes is 1. The van der Waals surface area contributed by atoms with Crippen molar-refractivity contribution in [3.05, 3.63) is 35.2 Å². The number of nitriles is 1. The third-order valence-electron chi connectivity index (χ3n) is 2.37. The average Bonchev–Trinajstić information content (AvgIpc) is 2.41. The highest BCUT2D eigenvalue weighted by Crippen LogP contribution is 2.21. The van der Waals surface area contributed by atoms with Crippen LogP contribution in [0.3, 0.4) is 0 Å². The number of nitrogens with two attached hydrogens (primary N) is 1. The molecule has 0 atom stereocenters. The Balaban J connectivity index is 0.00000154. The van der Waals surface area contributed by atoms with Gasteiger partial charge < -0.3 is 5.73 Å². The first-order valence-corrected chi connectivity index (χ1v) is 6.22. The molecule has 0 spiro atoms. The van der Waals surface area contributed by atoms with Crippen molar-refractivity contribution in [2.75, 3.05) is 0 Å². The third-order valence-corrected chi connectivity index (χ3v) is 2.37. The molecule has 4 heteroatoms. The summed E-state index contributed by atoms with van der Waals surface area (Å²) in [6.07, 6.45) is 2.03. The SMILES string of the molecule is CC.CC(C)(C)c1ccc(/C(N)=C(\C#N)C=O)cn1. The summed E-state index contributed by atoms with van der Waals surface area (Å²) in [5.74, 6) is 0. The van der Waals surface area contributed by atoms with Crippen LogP contribution in [0.25, 0.3) is 5.70 Å². The van der Waals surface area contributed by atoms with Crippen molar-refractivity contribution < 1.29 is 4.79 Å². The fraction of sp³-hybridized carbons (Fsp3) is 0.400. The predicted molar refractivity (Wildman–Crippen MR) is 77.1 cm³/mol. The van der Waals surface area contributed by atoms with Crippen LogP contribution in [-0.2, 0) is 10.2 Å². The Morgan fingerprint density at radius 1 is 1.37 bits per heavy atom. The highest BCUT2D eigenvalue weighted by Gasteiger charge is 2.15. The van der Waals surface area contributed by atoms with Crippen molar-refractivity contribution >= 4 is 12.0 Å². The molecular formula is C15H21N3O. The fourth-order valence-corrected chi connectivity index (χ4v) is 1.30. The molecule has 0 radical (unpaired) electrons. The van der Waals surface area contributed by atoms with Crippen LogP contribution in [0.15, 0.2) is 23.9 Å². The van der Waals surface area contributed by atoms with Gasteiger partial charge >= 0.3 is 0 Å². The molecule has 1 rings (SSSR count). The monoisotopic (exact) mass is 259 g/mol. The third kappa shape index (κ3) is 4.55. The van der Waals surface area contributed by atoms with Gasteiger partial charge in [0, 0.05) is 22.9 Å². The second kappa shape index (κ2) is 7.32. The lowest BCUT2D eigenvalue weighted by molar-refractivity contribution is -0.104. The normalized spacial score (nSPS) is 11.6. The minimum atomic E-state index is -0.0738. The van der Waals surface area contributed by atoms with Gasteiger partial charge in [-0.25, -0.2) is 0 Å². The molecule has 0 aliphatic heterocycles. The average molecular weight is 259 g/mol. The van der Waals surface area contributed by atoms with Crippen LogP contribution >= 0.6 is 0 Å². The summed E-state index contributed by atoms with van der Waals surface area (Å²) < 4.78 is 0. The Hall–Kier alpha value is -2.15. The number of aromatic nitrogens is 1. The quantitative estimate of drug-likeness (QED) is 0.503. The summed E-state index contributed by atoms with van der Waals surface area (Å²) in [7, 11) is 0. The molecule has 0 bridgehead atoms. The van der Waals surface area contributed by atoms with Gasteiger partial charge in [0.15, 0.2) is 6.29 Å². The molecule has 0 saturated heterocycles. The first-order valence-electron chi connectivity index (χ1n) is 6.22. The zero-order chi connectivity index (χ0) is 15.1. The Morgan fingerprint density at radius 3 is 2.26 bits per heavy atom. The molecule has 4 nitrogen and oxygen atoms in total. The topological polar surface area (TPSA) is 79.8 Å². The number of allylic oxidation sites excluding steroid dienone is 1. The smallest absolute Gasteiger partial charge is 0.162 e. The zero-order valence-electron chi connectivity index (χ0n) is 12.2. The van der Waals surface area contributed by atoms with Gasteiger partial charge in [0.25, 0.3) is 0 Å². The summed E-state index contributed by atoms with van der Waals surface area (Å²) in [5, 5.41) is 8.70. The summed E-state index contributed by atoms with van der Waals surface area (Å²) in [6.45, 7) is 10.2. The maximum Gasteiger partial charge on any atom is 0.162 e. The highest BCUT2D eigenvalue weighted by atomic mass is 16.1. The summed E-state index contributed by atoms with van der Waals surface area (Å²) >= 11 is 0. The van der Waals surface area contributed by atoms with E-state index in [4.69, 9.17) is 11.0 Å². The van der Waals surface area contributed by atoms with Gasteiger partial charge in [-0.1, -0.05) is 34.6 Å². The molecule has 2 N–H and O–H groups in total. The lowest BCUT2D eigenvalue weighted by atomic mass is 9.91. The molecule has 0 aliphatic rings. The lowest BCUT2D eigenvalue weighted by Crippen LogP contribution is -2.13. The molecule has 0 amide bonds. The van der Waals surface area contributed by atoms with Crippen molar-refractivity contribution in [2.45, 2.75) is 40.0 Å². The summed E-state index contributed by atoms with van der Waals surface area (Å²) in [4.78, 5) is 14.9. The molecule has 1 aromatic heterocycles. The van der Waals surface area contributed by atoms with E-state index in [2.05, 4.69) is 25.8 Å². The molecule has 0 aromatic carbocycles. The number of pyridine rings is 1. The number of carbonyl (C=O) groups is 1. The second-order valence-corrected chi connectivity index (χ2v) is 4.74. The number of rotatable bonds is 2. The van der Waals surface area contributed by atoms with E-state index in [-0.39, 0.29) is 16.7 Å². The van der Waals surface area contributed by atoms with Crippen LogP contribution in [0.2, 0.25) is 0 Å². The van der Waals surface area contributed by atoms with Crippen LogP contribution in [0, 0.1) is 11.3 Å². The molecule has 0 unspecified atom stereocenters.